The van der Waals surface area contributed by atoms with E-state index in [1.807, 2.05) is 19.9 Å². The topological polar surface area (TPSA) is 72.3 Å². The molecule has 0 spiro atoms. The largest absolute Gasteiger partial charge is 0.478 e. The summed E-state index contributed by atoms with van der Waals surface area (Å²) in [5.41, 5.74) is 1.78. The number of aryl methyl sites for hydroxylation is 2. The van der Waals surface area contributed by atoms with Gasteiger partial charge in [0.15, 0.2) is 0 Å². The number of hydrogen-bond acceptors (Lipinski definition) is 4. The molecule has 20 heavy (non-hydrogen) atoms. The van der Waals surface area contributed by atoms with E-state index in [0.717, 1.165) is 12.1 Å². The fourth-order valence-corrected chi connectivity index (χ4v) is 1.76. The quantitative estimate of drug-likeness (QED) is 0.904. The molecule has 0 aliphatic carbocycles. The Morgan fingerprint density at radius 2 is 2.15 bits per heavy atom. The molecule has 2 aromatic heterocycles. The second-order valence-electron chi connectivity index (χ2n) is 4.48. The lowest BCUT2D eigenvalue weighted by Crippen LogP contribution is -2.02. The first-order valence-electron chi connectivity index (χ1n) is 6.43. The zero-order chi connectivity index (χ0) is 14.5. The van der Waals surface area contributed by atoms with Crippen molar-refractivity contribution < 1.29 is 14.6 Å². The third kappa shape index (κ3) is 3.54. The molecule has 0 fully saturated rings. The fraction of sp³-hybridized carbons (Fsp3) is 0.267. The molecule has 0 unspecified atom stereocenters. The zero-order valence-corrected chi connectivity index (χ0v) is 11.5. The Morgan fingerprint density at radius 3 is 2.75 bits per heavy atom. The second-order valence-corrected chi connectivity index (χ2v) is 4.48. The summed E-state index contributed by atoms with van der Waals surface area (Å²) in [6.07, 6.45) is 3.19. The molecule has 104 valence electrons. The van der Waals surface area contributed by atoms with Gasteiger partial charge in [-0.3, -0.25) is 4.98 Å². The monoisotopic (exact) mass is 272 g/mol. The SMILES string of the molecule is CCCc1cc(C(=O)O)cc(Oc2ccc(C)nc2)n1. The number of carboxylic acids is 1. The van der Waals surface area contributed by atoms with Gasteiger partial charge in [-0.15, -0.1) is 0 Å². The number of carbonyl (C=O) groups is 1. The van der Waals surface area contributed by atoms with Crippen molar-refractivity contribution in [2.24, 2.45) is 0 Å². The minimum atomic E-state index is -0.989. The van der Waals surface area contributed by atoms with Gasteiger partial charge in [0.2, 0.25) is 5.88 Å². The number of aromatic nitrogens is 2. The lowest BCUT2D eigenvalue weighted by molar-refractivity contribution is 0.0696. The first kappa shape index (κ1) is 14.0. The maximum Gasteiger partial charge on any atom is 0.335 e. The molecular weight excluding hydrogens is 256 g/mol. The van der Waals surface area contributed by atoms with Crippen molar-refractivity contribution in [3.63, 3.8) is 0 Å². The number of nitrogens with zero attached hydrogens (tertiary/aromatic N) is 2. The summed E-state index contributed by atoms with van der Waals surface area (Å²) in [6, 6.07) is 6.59. The van der Waals surface area contributed by atoms with Crippen molar-refractivity contribution in [3.8, 4) is 11.6 Å². The Labute approximate surface area is 117 Å². The molecule has 0 aliphatic heterocycles. The lowest BCUT2D eigenvalue weighted by atomic mass is 10.1. The van der Waals surface area contributed by atoms with Crippen LogP contribution in [-0.2, 0) is 6.42 Å². The molecule has 0 saturated carbocycles. The molecule has 1 N–H and O–H groups in total. The van der Waals surface area contributed by atoms with Crippen LogP contribution in [0.1, 0.15) is 35.1 Å². The molecule has 2 rings (SSSR count). The lowest BCUT2D eigenvalue weighted by Gasteiger charge is -2.08. The standard InChI is InChI=1S/C15H16N2O3/c1-3-4-12-7-11(15(18)19)8-14(17-12)20-13-6-5-10(2)16-9-13/h5-9H,3-4H2,1-2H3,(H,18,19). The summed E-state index contributed by atoms with van der Waals surface area (Å²) in [4.78, 5) is 19.5. The summed E-state index contributed by atoms with van der Waals surface area (Å²) < 4.78 is 5.57. The third-order valence-corrected chi connectivity index (χ3v) is 2.71. The Balaban J connectivity index is 2.29. The number of pyridine rings is 2. The van der Waals surface area contributed by atoms with E-state index in [1.165, 1.54) is 6.07 Å². The molecule has 0 radical (unpaired) electrons. The molecule has 5 heteroatoms. The van der Waals surface area contributed by atoms with Crippen LogP contribution in [0.3, 0.4) is 0 Å². The van der Waals surface area contributed by atoms with Gasteiger partial charge in [0.1, 0.15) is 5.75 Å². The van der Waals surface area contributed by atoms with Crippen molar-refractivity contribution in [1.82, 2.24) is 9.97 Å². The molecule has 0 aromatic carbocycles. The maximum atomic E-state index is 11.1. The van der Waals surface area contributed by atoms with Crippen LogP contribution < -0.4 is 4.74 Å². The molecule has 0 amide bonds. The average Bonchev–Trinajstić information content (AvgIpc) is 2.41. The molecule has 5 nitrogen and oxygen atoms in total. The summed E-state index contributed by atoms with van der Waals surface area (Å²) in [6.45, 7) is 3.89. The highest BCUT2D eigenvalue weighted by Gasteiger charge is 2.10. The molecule has 0 saturated heterocycles. The van der Waals surface area contributed by atoms with Gasteiger partial charge < -0.3 is 9.84 Å². The van der Waals surface area contributed by atoms with Crippen LogP contribution in [0.5, 0.6) is 11.6 Å². The highest BCUT2D eigenvalue weighted by Crippen LogP contribution is 2.21. The summed E-state index contributed by atoms with van der Waals surface area (Å²) >= 11 is 0. The van der Waals surface area contributed by atoms with Gasteiger partial charge in [-0.05, 0) is 31.5 Å². The summed E-state index contributed by atoms with van der Waals surface area (Å²) in [5, 5.41) is 9.11. The molecule has 2 aromatic rings. The van der Waals surface area contributed by atoms with E-state index in [1.54, 1.807) is 18.3 Å². The van der Waals surface area contributed by atoms with Gasteiger partial charge in [0.05, 0.1) is 11.8 Å². The van der Waals surface area contributed by atoms with Crippen molar-refractivity contribution in [3.05, 3.63) is 47.4 Å². The number of hydrogen-bond donors (Lipinski definition) is 1. The highest BCUT2D eigenvalue weighted by atomic mass is 16.5. The molecule has 2 heterocycles. The average molecular weight is 272 g/mol. The molecule has 0 atom stereocenters. The molecule has 0 aliphatic rings. The van der Waals surface area contributed by atoms with E-state index >= 15 is 0 Å². The first-order chi connectivity index (χ1) is 9.58. The van der Waals surface area contributed by atoms with Crippen molar-refractivity contribution in [2.75, 3.05) is 0 Å². The van der Waals surface area contributed by atoms with E-state index in [0.29, 0.717) is 17.9 Å². The van der Waals surface area contributed by atoms with Crippen molar-refractivity contribution >= 4 is 5.97 Å². The van der Waals surface area contributed by atoms with E-state index in [2.05, 4.69) is 9.97 Å². The summed E-state index contributed by atoms with van der Waals surface area (Å²) in [5.74, 6) is -0.177. The Bertz CT molecular complexity index is 609. The van der Waals surface area contributed by atoms with E-state index in [9.17, 15) is 4.79 Å². The fourth-order valence-electron chi connectivity index (χ4n) is 1.76. The van der Waals surface area contributed by atoms with E-state index in [4.69, 9.17) is 9.84 Å². The number of ether oxygens (including phenoxy) is 1. The zero-order valence-electron chi connectivity index (χ0n) is 11.5. The van der Waals surface area contributed by atoms with Crippen LogP contribution in [0.25, 0.3) is 0 Å². The van der Waals surface area contributed by atoms with Gasteiger partial charge >= 0.3 is 5.97 Å². The Morgan fingerprint density at radius 1 is 1.35 bits per heavy atom. The maximum absolute atomic E-state index is 11.1. The predicted octanol–water partition coefficient (Wildman–Crippen LogP) is 3.23. The number of aromatic carboxylic acids is 1. The van der Waals surface area contributed by atoms with Gasteiger partial charge in [-0.2, -0.15) is 0 Å². The van der Waals surface area contributed by atoms with Gasteiger partial charge in [0, 0.05) is 17.5 Å². The van der Waals surface area contributed by atoms with Crippen LogP contribution in [0, 0.1) is 6.92 Å². The molecular formula is C15H16N2O3. The Kier molecular flexibility index (Phi) is 4.30. The minimum absolute atomic E-state index is 0.179. The van der Waals surface area contributed by atoms with E-state index in [-0.39, 0.29) is 11.4 Å². The highest BCUT2D eigenvalue weighted by molar-refractivity contribution is 5.88. The van der Waals surface area contributed by atoms with Gasteiger partial charge in [-0.25, -0.2) is 9.78 Å². The van der Waals surface area contributed by atoms with Crippen molar-refractivity contribution in [2.45, 2.75) is 26.7 Å². The Hall–Kier alpha value is -2.43. The van der Waals surface area contributed by atoms with Crippen molar-refractivity contribution in [1.29, 1.82) is 0 Å². The van der Waals surface area contributed by atoms with Crippen LogP contribution >= 0.6 is 0 Å². The van der Waals surface area contributed by atoms with E-state index < -0.39 is 5.97 Å². The number of rotatable bonds is 5. The normalized spacial score (nSPS) is 10.3. The van der Waals surface area contributed by atoms with Crippen LogP contribution in [-0.4, -0.2) is 21.0 Å². The van der Waals surface area contributed by atoms with Gasteiger partial charge in [0.25, 0.3) is 0 Å². The third-order valence-electron chi connectivity index (χ3n) is 2.71. The minimum Gasteiger partial charge on any atom is -0.478 e. The van der Waals surface area contributed by atoms with Crippen LogP contribution in [0.4, 0.5) is 0 Å². The predicted molar refractivity (Wildman–Crippen MR) is 74.2 cm³/mol. The van der Waals surface area contributed by atoms with Crippen LogP contribution in [0.2, 0.25) is 0 Å². The molecule has 0 bridgehead atoms. The number of carboxylic acid groups (broad SMARTS) is 1. The first-order valence-corrected chi connectivity index (χ1v) is 6.43. The smallest absolute Gasteiger partial charge is 0.335 e. The summed E-state index contributed by atoms with van der Waals surface area (Å²) in [7, 11) is 0. The van der Waals surface area contributed by atoms with Crippen LogP contribution in [0.15, 0.2) is 30.5 Å². The second kappa shape index (κ2) is 6.14. The van der Waals surface area contributed by atoms with Gasteiger partial charge in [-0.1, -0.05) is 13.3 Å².